The van der Waals surface area contributed by atoms with E-state index < -0.39 is 29.9 Å². The van der Waals surface area contributed by atoms with Crippen LogP contribution in [0.25, 0.3) is 10.9 Å². The second kappa shape index (κ2) is 8.23. The normalized spacial score (nSPS) is 14.4. The number of pyridine rings is 1. The summed E-state index contributed by atoms with van der Waals surface area (Å²) in [5, 5.41) is 2.97. The number of hydrogen-bond acceptors (Lipinski definition) is 2. The average Bonchev–Trinajstić information content (AvgIpc) is 2.58. The van der Waals surface area contributed by atoms with Crippen LogP contribution in [0.15, 0.2) is 30.5 Å². The Hall–Kier alpha value is -2.18. The van der Waals surface area contributed by atoms with Crippen LogP contribution in [0.4, 0.5) is 17.6 Å². The first kappa shape index (κ1) is 21.1. The van der Waals surface area contributed by atoms with Crippen LogP contribution in [0.3, 0.4) is 0 Å². The molecule has 1 aromatic heterocycles. The van der Waals surface area contributed by atoms with Crippen LogP contribution in [0.5, 0.6) is 0 Å². The fourth-order valence-corrected chi connectivity index (χ4v) is 3.42. The highest BCUT2D eigenvalue weighted by Crippen LogP contribution is 2.33. The van der Waals surface area contributed by atoms with Crippen molar-refractivity contribution in [1.29, 1.82) is 0 Å². The molecular formula is C20H24F4N2O. The van der Waals surface area contributed by atoms with Gasteiger partial charge in [0.15, 0.2) is 0 Å². The minimum absolute atomic E-state index is 0.0708. The lowest BCUT2D eigenvalue weighted by Gasteiger charge is -2.34. The molecule has 0 saturated carbocycles. The van der Waals surface area contributed by atoms with Gasteiger partial charge in [-0.1, -0.05) is 38.8 Å². The van der Waals surface area contributed by atoms with Crippen LogP contribution in [0, 0.1) is 11.7 Å². The lowest BCUT2D eigenvalue weighted by Crippen LogP contribution is -2.50. The number of nitrogens with one attached hydrogen (secondary N) is 1. The predicted molar refractivity (Wildman–Crippen MR) is 96.9 cm³/mol. The van der Waals surface area contributed by atoms with Gasteiger partial charge in [-0.15, -0.1) is 0 Å². The third-order valence-corrected chi connectivity index (χ3v) is 4.82. The summed E-state index contributed by atoms with van der Waals surface area (Å²) in [5.41, 5.74) is -1.21. The largest absolute Gasteiger partial charge is 0.391 e. The number of nitrogens with zero attached hydrogens (tertiary/aromatic N) is 1. The zero-order valence-electron chi connectivity index (χ0n) is 15.7. The summed E-state index contributed by atoms with van der Waals surface area (Å²) in [4.78, 5) is 16.6. The summed E-state index contributed by atoms with van der Waals surface area (Å²) < 4.78 is 53.0. The van der Waals surface area contributed by atoms with Crippen LogP contribution in [0.1, 0.15) is 56.8 Å². The Kier molecular flexibility index (Phi) is 6.44. The molecule has 2 rings (SSSR count). The van der Waals surface area contributed by atoms with Crippen LogP contribution in [-0.2, 0) is 0 Å². The van der Waals surface area contributed by atoms with Crippen LogP contribution in [0.2, 0.25) is 0 Å². The molecule has 0 spiro atoms. The highest BCUT2D eigenvalue weighted by Gasteiger charge is 2.41. The van der Waals surface area contributed by atoms with Gasteiger partial charge in [0.2, 0.25) is 0 Å². The maximum Gasteiger partial charge on any atom is 0.391 e. The molecule has 1 unspecified atom stereocenters. The number of halogens is 4. The van der Waals surface area contributed by atoms with Crippen molar-refractivity contribution in [1.82, 2.24) is 10.3 Å². The quantitative estimate of drug-likeness (QED) is 0.628. The molecule has 0 aliphatic rings. The first-order valence-corrected chi connectivity index (χ1v) is 9.00. The summed E-state index contributed by atoms with van der Waals surface area (Å²) in [6, 6.07) is 5.78. The smallest absolute Gasteiger partial charge is 0.346 e. The molecule has 0 radical (unpaired) electrons. The van der Waals surface area contributed by atoms with Crippen molar-refractivity contribution in [3.8, 4) is 0 Å². The van der Waals surface area contributed by atoms with E-state index in [2.05, 4.69) is 10.3 Å². The standard InChI is InChI=1S/C20H24F4N2O/c1-4-13(5-2)10-19(3,12-20(22,23)24)26-18(27)15-9-14-7-6-8-16(21)17(14)25-11-15/h6-9,11,13H,4-5,10,12H2,1-3H3,(H,26,27). The summed E-state index contributed by atoms with van der Waals surface area (Å²) >= 11 is 0. The van der Waals surface area contributed by atoms with E-state index in [4.69, 9.17) is 0 Å². The SMILES string of the molecule is CCC(CC)CC(C)(CC(F)(F)F)NC(=O)c1cnc2c(F)cccc2c1. The molecule has 0 saturated heterocycles. The fourth-order valence-electron chi connectivity index (χ4n) is 3.42. The van der Waals surface area contributed by atoms with Gasteiger partial charge in [-0.2, -0.15) is 13.2 Å². The van der Waals surface area contributed by atoms with Gasteiger partial charge in [0.05, 0.1) is 12.0 Å². The maximum atomic E-state index is 13.7. The number of rotatable bonds is 7. The molecule has 1 aromatic carbocycles. The molecule has 1 amide bonds. The molecule has 148 valence electrons. The van der Waals surface area contributed by atoms with E-state index in [1.165, 1.54) is 31.3 Å². The van der Waals surface area contributed by atoms with Crippen molar-refractivity contribution in [3.05, 3.63) is 41.8 Å². The molecule has 27 heavy (non-hydrogen) atoms. The van der Waals surface area contributed by atoms with E-state index in [9.17, 15) is 22.4 Å². The Morgan fingerprint density at radius 2 is 1.89 bits per heavy atom. The highest BCUT2D eigenvalue weighted by molar-refractivity contribution is 5.97. The summed E-state index contributed by atoms with van der Waals surface area (Å²) in [5.74, 6) is -1.09. The van der Waals surface area contributed by atoms with Gasteiger partial charge in [0.1, 0.15) is 11.3 Å². The summed E-state index contributed by atoms with van der Waals surface area (Å²) in [6.07, 6.45) is -2.64. The molecule has 0 bridgehead atoms. The van der Waals surface area contributed by atoms with Crippen LogP contribution in [-0.4, -0.2) is 22.6 Å². The molecule has 0 aliphatic carbocycles. The van der Waals surface area contributed by atoms with Crippen molar-refractivity contribution in [2.24, 2.45) is 5.92 Å². The number of carbonyl (C=O) groups excluding carboxylic acids is 1. The monoisotopic (exact) mass is 384 g/mol. The highest BCUT2D eigenvalue weighted by atomic mass is 19.4. The van der Waals surface area contributed by atoms with Gasteiger partial charge in [-0.3, -0.25) is 9.78 Å². The third-order valence-electron chi connectivity index (χ3n) is 4.82. The zero-order valence-corrected chi connectivity index (χ0v) is 15.7. The van der Waals surface area contributed by atoms with E-state index in [1.807, 2.05) is 13.8 Å². The van der Waals surface area contributed by atoms with Gasteiger partial charge in [0.25, 0.3) is 5.91 Å². The van der Waals surface area contributed by atoms with Gasteiger partial charge < -0.3 is 5.32 Å². The molecule has 3 nitrogen and oxygen atoms in total. The maximum absolute atomic E-state index is 13.7. The number of benzene rings is 1. The molecule has 7 heteroatoms. The fraction of sp³-hybridized carbons (Fsp3) is 0.500. The molecule has 1 heterocycles. The predicted octanol–water partition coefficient (Wildman–Crippen LogP) is 5.64. The Labute approximate surface area is 156 Å². The molecule has 1 N–H and O–H groups in total. The number of fused-ring (bicyclic) bond motifs is 1. The zero-order chi connectivity index (χ0) is 20.2. The molecule has 1 atom stereocenters. The van der Waals surface area contributed by atoms with Gasteiger partial charge >= 0.3 is 6.18 Å². The molecule has 0 fully saturated rings. The minimum Gasteiger partial charge on any atom is -0.346 e. The van der Waals surface area contributed by atoms with E-state index >= 15 is 0 Å². The van der Waals surface area contributed by atoms with Crippen molar-refractivity contribution < 1.29 is 22.4 Å². The number of carbonyl (C=O) groups is 1. The first-order chi connectivity index (χ1) is 12.6. The first-order valence-electron chi connectivity index (χ1n) is 9.00. The van der Waals surface area contributed by atoms with E-state index in [-0.39, 0.29) is 23.4 Å². The lowest BCUT2D eigenvalue weighted by molar-refractivity contribution is -0.149. The summed E-state index contributed by atoms with van der Waals surface area (Å²) in [6.45, 7) is 5.27. The second-order valence-corrected chi connectivity index (χ2v) is 7.23. The number of para-hydroxylation sites is 1. The Balaban J connectivity index is 2.29. The van der Waals surface area contributed by atoms with Crippen molar-refractivity contribution >= 4 is 16.8 Å². The average molecular weight is 384 g/mol. The van der Waals surface area contributed by atoms with E-state index in [0.717, 1.165) is 12.8 Å². The Bertz CT molecular complexity index is 802. The Morgan fingerprint density at radius 3 is 2.48 bits per heavy atom. The van der Waals surface area contributed by atoms with Crippen LogP contribution < -0.4 is 5.32 Å². The molecule has 0 aliphatic heterocycles. The summed E-state index contributed by atoms with van der Waals surface area (Å²) in [7, 11) is 0. The topological polar surface area (TPSA) is 42.0 Å². The van der Waals surface area contributed by atoms with Crippen molar-refractivity contribution in [2.45, 2.75) is 58.2 Å². The Morgan fingerprint density at radius 1 is 1.22 bits per heavy atom. The lowest BCUT2D eigenvalue weighted by atomic mass is 9.83. The minimum atomic E-state index is -4.40. The van der Waals surface area contributed by atoms with Crippen molar-refractivity contribution in [3.63, 3.8) is 0 Å². The molecule has 2 aromatic rings. The number of amides is 1. The van der Waals surface area contributed by atoms with Crippen molar-refractivity contribution in [2.75, 3.05) is 0 Å². The molecular weight excluding hydrogens is 360 g/mol. The number of aromatic nitrogens is 1. The third kappa shape index (κ3) is 5.65. The number of hydrogen-bond donors (Lipinski definition) is 1. The van der Waals surface area contributed by atoms with Gasteiger partial charge in [-0.05, 0) is 31.4 Å². The van der Waals surface area contributed by atoms with Gasteiger partial charge in [-0.25, -0.2) is 4.39 Å². The van der Waals surface area contributed by atoms with E-state index in [0.29, 0.717) is 5.39 Å². The second-order valence-electron chi connectivity index (χ2n) is 7.23. The van der Waals surface area contributed by atoms with Crippen LogP contribution >= 0.6 is 0 Å². The van der Waals surface area contributed by atoms with Gasteiger partial charge in [0, 0.05) is 17.1 Å². The van der Waals surface area contributed by atoms with E-state index in [1.54, 1.807) is 6.07 Å². The number of alkyl halides is 3.